The van der Waals surface area contributed by atoms with Crippen molar-refractivity contribution in [1.29, 1.82) is 0 Å². The van der Waals surface area contributed by atoms with Crippen molar-refractivity contribution in [2.24, 2.45) is 11.1 Å². The molecule has 5 heteroatoms. The lowest BCUT2D eigenvalue weighted by Gasteiger charge is -2.18. The largest absolute Gasteiger partial charge is 0.324 e. The fourth-order valence-corrected chi connectivity index (χ4v) is 4.30. The number of nitrogens with one attached hydrogen (secondary N) is 1. The van der Waals surface area contributed by atoms with Crippen LogP contribution in [0.5, 0.6) is 0 Å². The molecule has 0 amide bonds. The van der Waals surface area contributed by atoms with Crippen LogP contribution in [0.3, 0.4) is 0 Å². The van der Waals surface area contributed by atoms with E-state index in [1.165, 1.54) is 0 Å². The molecule has 1 fully saturated rings. The van der Waals surface area contributed by atoms with Crippen molar-refractivity contribution < 1.29 is 8.42 Å². The molecule has 2 rings (SSSR count). The molecule has 0 aromatic heterocycles. The van der Waals surface area contributed by atoms with Crippen molar-refractivity contribution in [3.05, 3.63) is 29.8 Å². The molecule has 0 bridgehead atoms. The number of hydrogen-bond donors (Lipinski definition) is 2. The van der Waals surface area contributed by atoms with Crippen LogP contribution in [0.25, 0.3) is 0 Å². The molecule has 4 nitrogen and oxygen atoms in total. The quantitative estimate of drug-likeness (QED) is 0.878. The van der Waals surface area contributed by atoms with Gasteiger partial charge in [-0.05, 0) is 48.8 Å². The summed E-state index contributed by atoms with van der Waals surface area (Å²) in [6.45, 7) is 6.36. The summed E-state index contributed by atoms with van der Waals surface area (Å²) in [6, 6.07) is 6.88. The van der Waals surface area contributed by atoms with Crippen molar-refractivity contribution in [1.82, 2.24) is 4.72 Å². The third-order valence-electron chi connectivity index (χ3n) is 4.33. The van der Waals surface area contributed by atoms with E-state index in [-0.39, 0.29) is 17.5 Å². The van der Waals surface area contributed by atoms with Gasteiger partial charge in [-0.25, -0.2) is 13.1 Å². The molecular formula is C16H26N2O2S. The first kappa shape index (κ1) is 16.5. The Bertz CT molecular complexity index is 596. The van der Waals surface area contributed by atoms with Gasteiger partial charge in [0.1, 0.15) is 0 Å². The Morgan fingerprint density at radius 3 is 2.71 bits per heavy atom. The van der Waals surface area contributed by atoms with Gasteiger partial charge in [0.15, 0.2) is 0 Å². The molecular weight excluding hydrogens is 284 g/mol. The third-order valence-corrected chi connectivity index (χ3v) is 5.84. The molecule has 3 N–H and O–H groups in total. The number of nitrogens with two attached hydrogens (primary N) is 1. The van der Waals surface area contributed by atoms with Crippen molar-refractivity contribution in [2.45, 2.75) is 63.4 Å². The molecule has 2 unspecified atom stereocenters. The minimum absolute atomic E-state index is 0.0357. The monoisotopic (exact) mass is 310 g/mol. The van der Waals surface area contributed by atoms with Crippen molar-refractivity contribution in [2.75, 3.05) is 0 Å². The zero-order valence-corrected chi connectivity index (χ0v) is 13.9. The maximum Gasteiger partial charge on any atom is 0.240 e. The summed E-state index contributed by atoms with van der Waals surface area (Å²) >= 11 is 0. The van der Waals surface area contributed by atoms with E-state index < -0.39 is 10.0 Å². The molecule has 2 atom stereocenters. The van der Waals surface area contributed by atoms with Crippen molar-refractivity contribution in [3.63, 3.8) is 0 Å². The number of sulfonamides is 1. The molecule has 1 aliphatic carbocycles. The van der Waals surface area contributed by atoms with Gasteiger partial charge in [0.05, 0.1) is 4.90 Å². The predicted molar refractivity (Wildman–Crippen MR) is 85.4 cm³/mol. The van der Waals surface area contributed by atoms with Crippen LogP contribution < -0.4 is 10.5 Å². The summed E-state index contributed by atoms with van der Waals surface area (Å²) < 4.78 is 27.9. The van der Waals surface area contributed by atoms with E-state index in [0.29, 0.717) is 4.90 Å². The summed E-state index contributed by atoms with van der Waals surface area (Å²) in [4.78, 5) is 0.314. The predicted octanol–water partition coefficient (Wildman–Crippen LogP) is 2.95. The summed E-state index contributed by atoms with van der Waals surface area (Å²) in [6.07, 6.45) is 3.63. The first-order chi connectivity index (χ1) is 9.73. The molecule has 21 heavy (non-hydrogen) atoms. The lowest BCUT2D eigenvalue weighted by molar-refractivity contribution is 0.372. The summed E-state index contributed by atoms with van der Waals surface area (Å²) in [5, 5.41) is 0. The molecule has 0 heterocycles. The average molecular weight is 310 g/mol. The first-order valence-corrected chi connectivity index (χ1v) is 9.10. The Balaban J connectivity index is 2.16. The van der Waals surface area contributed by atoms with Crippen LogP contribution in [0.15, 0.2) is 29.2 Å². The highest BCUT2D eigenvalue weighted by atomic mass is 32.2. The van der Waals surface area contributed by atoms with Crippen LogP contribution in [0.1, 0.15) is 58.1 Å². The standard InChI is InChI=1S/C16H26N2O2S/c1-4-15(17)12-6-5-7-14(10-12)21(19,20)18-13-8-9-16(2,3)11-13/h5-7,10,13,15,18H,4,8-9,11,17H2,1-3H3. The third kappa shape index (κ3) is 4.05. The van der Waals surface area contributed by atoms with Gasteiger partial charge in [-0.1, -0.05) is 32.9 Å². The Hall–Kier alpha value is -0.910. The van der Waals surface area contributed by atoms with Gasteiger partial charge in [-0.15, -0.1) is 0 Å². The first-order valence-electron chi connectivity index (χ1n) is 7.61. The number of rotatable bonds is 5. The minimum atomic E-state index is -3.46. The molecule has 0 saturated heterocycles. The molecule has 1 aliphatic rings. The number of hydrogen-bond acceptors (Lipinski definition) is 3. The summed E-state index contributed by atoms with van der Waals surface area (Å²) in [7, 11) is -3.46. The zero-order valence-electron chi connectivity index (χ0n) is 13.1. The maximum absolute atomic E-state index is 12.5. The molecule has 0 aliphatic heterocycles. The van der Waals surface area contributed by atoms with Gasteiger partial charge < -0.3 is 5.73 Å². The highest BCUT2D eigenvalue weighted by molar-refractivity contribution is 7.89. The van der Waals surface area contributed by atoms with Crippen LogP contribution in [-0.4, -0.2) is 14.5 Å². The minimum Gasteiger partial charge on any atom is -0.324 e. The van der Waals surface area contributed by atoms with Gasteiger partial charge >= 0.3 is 0 Å². The van der Waals surface area contributed by atoms with E-state index in [0.717, 1.165) is 31.2 Å². The zero-order chi connectivity index (χ0) is 15.7. The van der Waals surface area contributed by atoms with E-state index in [1.54, 1.807) is 18.2 Å². The molecule has 1 aromatic rings. The molecule has 1 saturated carbocycles. The second-order valence-corrected chi connectivity index (χ2v) is 8.53. The maximum atomic E-state index is 12.5. The van der Waals surface area contributed by atoms with Gasteiger partial charge in [-0.2, -0.15) is 0 Å². The van der Waals surface area contributed by atoms with Gasteiger partial charge in [-0.3, -0.25) is 0 Å². The Morgan fingerprint density at radius 2 is 2.14 bits per heavy atom. The topological polar surface area (TPSA) is 72.2 Å². The van der Waals surface area contributed by atoms with Crippen LogP contribution in [0.4, 0.5) is 0 Å². The fourth-order valence-electron chi connectivity index (χ4n) is 2.97. The lowest BCUT2D eigenvalue weighted by atomic mass is 9.92. The summed E-state index contributed by atoms with van der Waals surface area (Å²) in [5.41, 5.74) is 7.08. The number of benzene rings is 1. The highest BCUT2D eigenvalue weighted by Gasteiger charge is 2.33. The average Bonchev–Trinajstić information content (AvgIpc) is 2.76. The van der Waals surface area contributed by atoms with E-state index in [2.05, 4.69) is 18.6 Å². The Labute approximate surface area is 128 Å². The van der Waals surface area contributed by atoms with Crippen molar-refractivity contribution >= 4 is 10.0 Å². The normalized spacial score (nSPS) is 23.1. The summed E-state index contributed by atoms with van der Waals surface area (Å²) in [5.74, 6) is 0. The molecule has 1 aromatic carbocycles. The smallest absolute Gasteiger partial charge is 0.240 e. The van der Waals surface area contributed by atoms with Crippen LogP contribution in [0.2, 0.25) is 0 Å². The Morgan fingerprint density at radius 1 is 1.43 bits per heavy atom. The van der Waals surface area contributed by atoms with E-state index in [9.17, 15) is 8.42 Å². The SMILES string of the molecule is CCC(N)c1cccc(S(=O)(=O)NC2CCC(C)(C)C2)c1. The van der Waals surface area contributed by atoms with Gasteiger partial charge in [0.2, 0.25) is 10.0 Å². The van der Waals surface area contributed by atoms with Gasteiger partial charge in [0, 0.05) is 12.1 Å². The molecule has 0 spiro atoms. The van der Waals surface area contributed by atoms with E-state index in [4.69, 9.17) is 5.73 Å². The second-order valence-electron chi connectivity index (χ2n) is 6.81. The fraction of sp³-hybridized carbons (Fsp3) is 0.625. The van der Waals surface area contributed by atoms with Crippen LogP contribution in [-0.2, 0) is 10.0 Å². The van der Waals surface area contributed by atoms with Crippen LogP contribution >= 0.6 is 0 Å². The van der Waals surface area contributed by atoms with Crippen LogP contribution in [0, 0.1) is 5.41 Å². The molecule has 118 valence electrons. The lowest BCUT2D eigenvalue weighted by Crippen LogP contribution is -2.33. The Kier molecular flexibility index (Phi) is 4.76. The highest BCUT2D eigenvalue weighted by Crippen LogP contribution is 2.37. The van der Waals surface area contributed by atoms with Crippen molar-refractivity contribution in [3.8, 4) is 0 Å². The second kappa shape index (κ2) is 6.07. The van der Waals surface area contributed by atoms with E-state index in [1.807, 2.05) is 13.0 Å². The van der Waals surface area contributed by atoms with E-state index >= 15 is 0 Å². The molecule has 0 radical (unpaired) electrons. The van der Waals surface area contributed by atoms with Gasteiger partial charge in [0.25, 0.3) is 0 Å².